The summed E-state index contributed by atoms with van der Waals surface area (Å²) in [6.45, 7) is 15.6. The lowest BCUT2D eigenvalue weighted by Crippen LogP contribution is -1.66. The molecule has 0 atom stereocenters. The zero-order valence-electron chi connectivity index (χ0n) is 12.2. The van der Waals surface area contributed by atoms with E-state index in [4.69, 9.17) is 38.5 Å². The van der Waals surface area contributed by atoms with Crippen molar-refractivity contribution < 1.29 is 38.5 Å². The first-order valence-electron chi connectivity index (χ1n) is 5.39. The lowest BCUT2D eigenvalue weighted by Gasteiger charge is -1.82. The lowest BCUT2D eigenvalue weighted by atomic mass is 10.3. The van der Waals surface area contributed by atoms with Crippen molar-refractivity contribution in [3.8, 4) is 0 Å². The Hall–Kier alpha value is -0.300. The molecule has 0 aromatic heterocycles. The first kappa shape index (κ1) is 27.9. The van der Waals surface area contributed by atoms with E-state index in [9.17, 15) is 0 Å². The molecule has 0 aromatic rings. The maximum atomic E-state index is 8.88. The Morgan fingerprint density at radius 2 is 0.800 bits per heavy atom. The third-order valence-electron chi connectivity index (χ3n) is 1.21. The number of rotatable bonds is 2. The maximum Gasteiger partial charge on any atom is 0.466 e. The predicted molar refractivity (Wildman–Crippen MR) is 78.7 cm³/mol. The molecule has 0 heterocycles. The van der Waals surface area contributed by atoms with E-state index in [0.29, 0.717) is 0 Å². The summed E-state index contributed by atoms with van der Waals surface area (Å²) in [5, 5.41) is 0. The smallest absolute Gasteiger partial charge is 0.303 e. The molecule has 124 valence electrons. The van der Waals surface area contributed by atoms with Crippen LogP contribution >= 0.6 is 15.6 Å². The second kappa shape index (κ2) is 15.1. The minimum absolute atomic E-state index is 1.11. The van der Waals surface area contributed by atoms with Crippen LogP contribution in [0.4, 0.5) is 0 Å². The van der Waals surface area contributed by atoms with Gasteiger partial charge < -0.3 is 29.4 Å². The summed E-state index contributed by atoms with van der Waals surface area (Å²) in [4.78, 5) is 43.1. The Kier molecular flexibility index (Phi) is 21.1. The first-order valence-corrected chi connectivity index (χ1v) is 8.52. The SMILES string of the molecule is C=C(C)CC.C=C(C)CC.O=P(O)(O)O.O=P(O)(O)O. The van der Waals surface area contributed by atoms with Crippen LogP contribution in [0.1, 0.15) is 40.5 Å². The quantitative estimate of drug-likeness (QED) is 0.331. The van der Waals surface area contributed by atoms with Crippen LogP contribution in [0.25, 0.3) is 0 Å². The normalized spacial score (nSPS) is 9.70. The van der Waals surface area contributed by atoms with Crippen LogP contribution in [0.3, 0.4) is 0 Å². The Morgan fingerprint density at radius 3 is 0.800 bits per heavy atom. The topological polar surface area (TPSA) is 156 Å². The average Bonchev–Trinajstić information content (AvgIpc) is 2.13. The maximum absolute atomic E-state index is 8.88. The van der Waals surface area contributed by atoms with Gasteiger partial charge in [-0.15, -0.1) is 13.2 Å². The van der Waals surface area contributed by atoms with Gasteiger partial charge in [-0.05, 0) is 26.7 Å². The second-order valence-electron chi connectivity index (χ2n) is 3.65. The molecule has 0 aliphatic heterocycles. The van der Waals surface area contributed by atoms with Crippen LogP contribution in [0.5, 0.6) is 0 Å². The summed E-state index contributed by atoms with van der Waals surface area (Å²) in [5.74, 6) is 0. The van der Waals surface area contributed by atoms with Crippen LogP contribution < -0.4 is 0 Å². The molecular weight excluding hydrogens is 310 g/mol. The molecule has 0 fully saturated rings. The fourth-order valence-corrected chi connectivity index (χ4v) is 0. The molecule has 0 unspecified atom stereocenters. The molecule has 0 aromatic carbocycles. The monoisotopic (exact) mass is 336 g/mol. The summed E-state index contributed by atoms with van der Waals surface area (Å²) in [7, 11) is -9.28. The van der Waals surface area contributed by atoms with Gasteiger partial charge in [0.05, 0.1) is 0 Å². The molecule has 0 radical (unpaired) electrons. The fraction of sp³-hybridized carbons (Fsp3) is 0.600. The van der Waals surface area contributed by atoms with Crippen molar-refractivity contribution in [2.75, 3.05) is 0 Å². The highest BCUT2D eigenvalue weighted by Crippen LogP contribution is 2.26. The van der Waals surface area contributed by atoms with Crippen molar-refractivity contribution in [2.45, 2.75) is 40.5 Å². The van der Waals surface area contributed by atoms with E-state index in [1.54, 1.807) is 0 Å². The summed E-state index contributed by atoms with van der Waals surface area (Å²) in [6.07, 6.45) is 2.22. The van der Waals surface area contributed by atoms with Gasteiger partial charge in [0.15, 0.2) is 0 Å². The van der Waals surface area contributed by atoms with Gasteiger partial charge >= 0.3 is 15.6 Å². The Morgan fingerprint density at radius 1 is 0.750 bits per heavy atom. The molecule has 20 heavy (non-hydrogen) atoms. The van der Waals surface area contributed by atoms with E-state index >= 15 is 0 Å². The van der Waals surface area contributed by atoms with Gasteiger partial charge in [-0.2, -0.15) is 0 Å². The molecule has 0 bridgehead atoms. The summed E-state index contributed by atoms with van der Waals surface area (Å²) in [5.41, 5.74) is 2.51. The van der Waals surface area contributed by atoms with Gasteiger partial charge in [-0.25, -0.2) is 9.13 Å². The number of hydrogen-bond acceptors (Lipinski definition) is 2. The van der Waals surface area contributed by atoms with Crippen LogP contribution in [0.15, 0.2) is 24.3 Å². The molecule has 0 amide bonds. The van der Waals surface area contributed by atoms with Gasteiger partial charge in [-0.3, -0.25) is 0 Å². The Bertz CT molecular complexity index is 291. The third-order valence-corrected chi connectivity index (χ3v) is 1.21. The standard InChI is InChI=1S/2C5H10.2H3O4P/c2*1-4-5(2)3;2*1-5(2,3)4/h2*2,4H2,1,3H3;2*(H3,1,2,3,4). The Labute approximate surface area is 120 Å². The largest absolute Gasteiger partial charge is 0.466 e. The Balaban J connectivity index is -0.0000000853. The summed E-state index contributed by atoms with van der Waals surface area (Å²) >= 11 is 0. The van der Waals surface area contributed by atoms with E-state index < -0.39 is 15.6 Å². The highest BCUT2D eigenvalue weighted by molar-refractivity contribution is 7.45. The molecule has 6 N–H and O–H groups in total. The highest BCUT2D eigenvalue weighted by atomic mass is 31.2. The first-order chi connectivity index (χ1) is 8.54. The number of phosphoric acid groups is 2. The van der Waals surface area contributed by atoms with E-state index in [2.05, 4.69) is 27.0 Å². The van der Waals surface area contributed by atoms with Crippen molar-refractivity contribution >= 4 is 15.6 Å². The molecule has 10 heteroatoms. The molecule has 0 aliphatic carbocycles. The second-order valence-corrected chi connectivity index (χ2v) is 5.70. The minimum Gasteiger partial charge on any atom is -0.303 e. The van der Waals surface area contributed by atoms with Crippen LogP contribution in [-0.4, -0.2) is 29.4 Å². The number of allylic oxidation sites excluding steroid dienone is 2. The molecule has 0 saturated heterocycles. The molecular formula is C10H26O8P2. The van der Waals surface area contributed by atoms with Crippen molar-refractivity contribution in [3.05, 3.63) is 24.3 Å². The highest BCUT2D eigenvalue weighted by Gasteiger charge is 2.00. The van der Waals surface area contributed by atoms with Gasteiger partial charge in [0.1, 0.15) is 0 Å². The number of hydrogen-bond donors (Lipinski definition) is 6. The van der Waals surface area contributed by atoms with E-state index in [1.807, 2.05) is 13.8 Å². The molecule has 0 aliphatic rings. The minimum atomic E-state index is -4.64. The van der Waals surface area contributed by atoms with E-state index in [-0.39, 0.29) is 0 Å². The van der Waals surface area contributed by atoms with Crippen molar-refractivity contribution in [1.29, 1.82) is 0 Å². The molecule has 0 rings (SSSR count). The zero-order valence-corrected chi connectivity index (χ0v) is 14.0. The van der Waals surface area contributed by atoms with Gasteiger partial charge in [0.2, 0.25) is 0 Å². The summed E-state index contributed by atoms with van der Waals surface area (Å²) in [6, 6.07) is 0. The van der Waals surface area contributed by atoms with Crippen LogP contribution in [0, 0.1) is 0 Å². The molecule has 0 spiro atoms. The van der Waals surface area contributed by atoms with Crippen molar-refractivity contribution in [3.63, 3.8) is 0 Å². The van der Waals surface area contributed by atoms with Gasteiger partial charge in [-0.1, -0.05) is 25.0 Å². The summed E-state index contributed by atoms with van der Waals surface area (Å²) < 4.78 is 17.8. The predicted octanol–water partition coefficient (Wildman–Crippen LogP) is 2.09. The zero-order chi connectivity index (χ0) is 17.6. The van der Waals surface area contributed by atoms with Crippen LogP contribution in [-0.2, 0) is 9.13 Å². The van der Waals surface area contributed by atoms with E-state index in [1.165, 1.54) is 11.1 Å². The fourth-order valence-electron chi connectivity index (χ4n) is 0. The lowest BCUT2D eigenvalue weighted by molar-refractivity contribution is 0.272. The third kappa shape index (κ3) is 361. The van der Waals surface area contributed by atoms with Gasteiger partial charge in [0.25, 0.3) is 0 Å². The van der Waals surface area contributed by atoms with Crippen LogP contribution in [0.2, 0.25) is 0 Å². The van der Waals surface area contributed by atoms with Crippen molar-refractivity contribution in [2.24, 2.45) is 0 Å². The van der Waals surface area contributed by atoms with Gasteiger partial charge in [0, 0.05) is 0 Å². The molecule has 0 saturated carbocycles. The average molecular weight is 336 g/mol. The molecule has 8 nitrogen and oxygen atoms in total. The van der Waals surface area contributed by atoms with Crippen molar-refractivity contribution in [1.82, 2.24) is 0 Å². The van der Waals surface area contributed by atoms with E-state index in [0.717, 1.165) is 12.8 Å².